The first kappa shape index (κ1) is 10.7. The van der Waals surface area contributed by atoms with Crippen molar-refractivity contribution in [3.63, 3.8) is 0 Å². The van der Waals surface area contributed by atoms with E-state index in [-0.39, 0.29) is 0 Å². The van der Waals surface area contributed by atoms with Crippen LogP contribution in [0.25, 0.3) is 0 Å². The van der Waals surface area contributed by atoms with Gasteiger partial charge in [-0.25, -0.2) is 0 Å². The highest BCUT2D eigenvalue weighted by Crippen LogP contribution is 2.20. The van der Waals surface area contributed by atoms with Gasteiger partial charge in [0.25, 0.3) is 0 Å². The molecule has 0 spiro atoms. The van der Waals surface area contributed by atoms with Gasteiger partial charge in [-0.1, -0.05) is 24.3 Å². The van der Waals surface area contributed by atoms with E-state index < -0.39 is 0 Å². The summed E-state index contributed by atoms with van der Waals surface area (Å²) in [6.45, 7) is 9.32. The van der Waals surface area contributed by atoms with E-state index in [4.69, 9.17) is 0 Å². The second-order valence-electron chi connectivity index (χ2n) is 5.43. The zero-order chi connectivity index (χ0) is 10.9. The third-order valence-corrected chi connectivity index (χ3v) is 3.37. The third-order valence-electron chi connectivity index (χ3n) is 3.37. The lowest BCUT2D eigenvalue weighted by Crippen LogP contribution is -2.42. The number of hydrogen-bond donors (Lipinski definition) is 0. The predicted molar refractivity (Wildman–Crippen MR) is 65.2 cm³/mol. The van der Waals surface area contributed by atoms with Gasteiger partial charge in [0.05, 0.1) is 0 Å². The molecule has 1 heteroatoms. The van der Waals surface area contributed by atoms with Gasteiger partial charge in [0, 0.05) is 18.6 Å². The fourth-order valence-corrected chi connectivity index (χ4v) is 2.34. The van der Waals surface area contributed by atoms with Crippen LogP contribution in [-0.4, -0.2) is 23.5 Å². The molecule has 1 aromatic rings. The van der Waals surface area contributed by atoms with Crippen LogP contribution in [0.15, 0.2) is 24.3 Å². The molecule has 1 aliphatic rings. The number of fused-ring (bicyclic) bond motifs is 1. The number of hydrogen-bond acceptors (Lipinski definition) is 1. The Morgan fingerprint density at radius 2 is 1.40 bits per heavy atom. The van der Waals surface area contributed by atoms with E-state index in [0.29, 0.717) is 5.54 Å². The van der Waals surface area contributed by atoms with Crippen molar-refractivity contribution in [2.45, 2.75) is 39.2 Å². The van der Waals surface area contributed by atoms with Crippen LogP contribution in [0.4, 0.5) is 0 Å². The summed E-state index contributed by atoms with van der Waals surface area (Å²) >= 11 is 0. The molecule has 0 N–H and O–H groups in total. The lowest BCUT2D eigenvalue weighted by molar-refractivity contribution is 0.144. The Bertz CT molecular complexity index is 308. The van der Waals surface area contributed by atoms with Crippen molar-refractivity contribution in [3.05, 3.63) is 35.4 Å². The molecule has 0 aromatic heterocycles. The molecule has 0 bridgehead atoms. The zero-order valence-electron chi connectivity index (χ0n) is 10.1. The highest BCUT2D eigenvalue weighted by molar-refractivity contribution is 5.28. The summed E-state index contributed by atoms with van der Waals surface area (Å²) in [6.07, 6.45) is 2.40. The van der Waals surface area contributed by atoms with Gasteiger partial charge >= 0.3 is 0 Å². The molecular weight excluding hydrogens is 182 g/mol. The maximum atomic E-state index is 2.59. The average molecular weight is 203 g/mol. The first-order chi connectivity index (χ1) is 7.07. The Kier molecular flexibility index (Phi) is 2.83. The second-order valence-corrected chi connectivity index (χ2v) is 5.43. The Morgan fingerprint density at radius 1 is 0.933 bits per heavy atom. The van der Waals surface area contributed by atoms with E-state index in [0.717, 1.165) is 0 Å². The van der Waals surface area contributed by atoms with E-state index in [9.17, 15) is 0 Å². The van der Waals surface area contributed by atoms with Crippen LogP contribution in [0.2, 0.25) is 0 Å². The maximum absolute atomic E-state index is 2.59. The Morgan fingerprint density at radius 3 is 1.80 bits per heavy atom. The lowest BCUT2D eigenvalue weighted by atomic mass is 10.0. The van der Waals surface area contributed by atoms with Gasteiger partial charge in [0.15, 0.2) is 0 Å². The molecule has 0 fully saturated rings. The number of rotatable bonds is 0. The molecule has 0 atom stereocenters. The SMILES string of the molecule is CC(C)(C)N1CCc2ccccc2CC1. The monoisotopic (exact) mass is 203 g/mol. The van der Waals surface area contributed by atoms with Crippen LogP contribution < -0.4 is 0 Å². The Labute approximate surface area is 93.1 Å². The highest BCUT2D eigenvalue weighted by Gasteiger charge is 2.23. The summed E-state index contributed by atoms with van der Waals surface area (Å²) in [6, 6.07) is 8.88. The maximum Gasteiger partial charge on any atom is 0.0125 e. The molecule has 0 saturated heterocycles. The van der Waals surface area contributed by atoms with Crippen molar-refractivity contribution in [1.82, 2.24) is 4.90 Å². The summed E-state index contributed by atoms with van der Waals surface area (Å²) < 4.78 is 0. The molecule has 2 rings (SSSR count). The molecule has 15 heavy (non-hydrogen) atoms. The number of benzene rings is 1. The van der Waals surface area contributed by atoms with Gasteiger partial charge in [-0.05, 0) is 44.7 Å². The molecular formula is C14H21N. The van der Waals surface area contributed by atoms with E-state index in [1.165, 1.54) is 25.9 Å². The van der Waals surface area contributed by atoms with E-state index in [1.54, 1.807) is 11.1 Å². The fourth-order valence-electron chi connectivity index (χ4n) is 2.34. The van der Waals surface area contributed by atoms with Crippen LogP contribution in [-0.2, 0) is 12.8 Å². The van der Waals surface area contributed by atoms with Crippen LogP contribution in [0.3, 0.4) is 0 Å². The van der Waals surface area contributed by atoms with Crippen molar-refractivity contribution in [3.8, 4) is 0 Å². The first-order valence-corrected chi connectivity index (χ1v) is 5.89. The van der Waals surface area contributed by atoms with Gasteiger partial charge in [-0.15, -0.1) is 0 Å². The van der Waals surface area contributed by atoms with E-state index >= 15 is 0 Å². The number of nitrogens with zero attached hydrogens (tertiary/aromatic N) is 1. The van der Waals surface area contributed by atoms with Gasteiger partial charge in [0.2, 0.25) is 0 Å². The van der Waals surface area contributed by atoms with Gasteiger partial charge < -0.3 is 0 Å². The smallest absolute Gasteiger partial charge is 0.0125 e. The van der Waals surface area contributed by atoms with Crippen molar-refractivity contribution in [2.75, 3.05) is 13.1 Å². The van der Waals surface area contributed by atoms with Crippen molar-refractivity contribution in [1.29, 1.82) is 0 Å². The Hall–Kier alpha value is -0.820. The average Bonchev–Trinajstić information content (AvgIpc) is 2.38. The van der Waals surface area contributed by atoms with Crippen molar-refractivity contribution < 1.29 is 0 Å². The summed E-state index contributed by atoms with van der Waals surface area (Å²) in [7, 11) is 0. The minimum absolute atomic E-state index is 0.308. The summed E-state index contributed by atoms with van der Waals surface area (Å²) in [5.74, 6) is 0. The van der Waals surface area contributed by atoms with Gasteiger partial charge in [0.1, 0.15) is 0 Å². The lowest BCUT2D eigenvalue weighted by Gasteiger charge is -2.34. The van der Waals surface area contributed by atoms with Crippen molar-refractivity contribution in [2.24, 2.45) is 0 Å². The summed E-state index contributed by atoms with van der Waals surface area (Å²) in [5, 5.41) is 0. The minimum Gasteiger partial charge on any atom is -0.298 e. The highest BCUT2D eigenvalue weighted by atomic mass is 15.2. The van der Waals surface area contributed by atoms with E-state index in [1.807, 2.05) is 0 Å². The predicted octanol–water partition coefficient (Wildman–Crippen LogP) is 2.89. The standard InChI is InChI=1S/C14H21N/c1-14(2,3)15-10-8-12-6-4-5-7-13(12)9-11-15/h4-7H,8-11H2,1-3H3. The quantitative estimate of drug-likeness (QED) is 0.626. The minimum atomic E-state index is 0.308. The zero-order valence-corrected chi connectivity index (χ0v) is 10.1. The molecule has 0 radical (unpaired) electrons. The van der Waals surface area contributed by atoms with Crippen LogP contribution in [0.1, 0.15) is 31.9 Å². The summed E-state index contributed by atoms with van der Waals surface area (Å²) in [5.41, 5.74) is 3.40. The van der Waals surface area contributed by atoms with Crippen LogP contribution in [0.5, 0.6) is 0 Å². The third kappa shape index (κ3) is 2.40. The first-order valence-electron chi connectivity index (χ1n) is 5.89. The topological polar surface area (TPSA) is 3.24 Å². The Balaban J connectivity index is 2.15. The molecule has 0 aliphatic carbocycles. The molecule has 0 saturated carbocycles. The molecule has 1 aliphatic heterocycles. The molecule has 82 valence electrons. The van der Waals surface area contributed by atoms with Gasteiger partial charge in [-0.3, -0.25) is 4.90 Å². The second kappa shape index (κ2) is 3.97. The van der Waals surface area contributed by atoms with Crippen LogP contribution >= 0.6 is 0 Å². The fraction of sp³-hybridized carbons (Fsp3) is 0.571. The van der Waals surface area contributed by atoms with E-state index in [2.05, 4.69) is 49.9 Å². The molecule has 1 heterocycles. The van der Waals surface area contributed by atoms with Crippen molar-refractivity contribution >= 4 is 0 Å². The largest absolute Gasteiger partial charge is 0.298 e. The normalized spacial score (nSPS) is 18.3. The molecule has 0 amide bonds. The van der Waals surface area contributed by atoms with Crippen LogP contribution in [0, 0.1) is 0 Å². The molecule has 1 aromatic carbocycles. The molecule has 1 nitrogen and oxygen atoms in total. The molecule has 0 unspecified atom stereocenters. The van der Waals surface area contributed by atoms with Gasteiger partial charge in [-0.2, -0.15) is 0 Å². The summed E-state index contributed by atoms with van der Waals surface area (Å²) in [4.78, 5) is 2.59.